The number of para-hydroxylation sites is 1. The zero-order valence-corrected chi connectivity index (χ0v) is 17.9. The van der Waals surface area contributed by atoms with Gasteiger partial charge in [0.1, 0.15) is 5.54 Å². The van der Waals surface area contributed by atoms with Gasteiger partial charge in [0, 0.05) is 30.9 Å². The van der Waals surface area contributed by atoms with E-state index in [0.29, 0.717) is 6.54 Å². The largest absolute Gasteiger partial charge is 0.326 e. The fraction of sp³-hybridized carbons (Fsp3) is 0.292. The molecule has 6 nitrogen and oxygen atoms in total. The van der Waals surface area contributed by atoms with Gasteiger partial charge in [-0.05, 0) is 33.0 Å². The Hall–Kier alpha value is -3.43. The first-order valence-corrected chi connectivity index (χ1v) is 9.87. The van der Waals surface area contributed by atoms with E-state index < -0.39 is 5.54 Å². The molecule has 154 valence electrons. The first kappa shape index (κ1) is 21.3. The molecule has 0 spiro atoms. The predicted octanol–water partition coefficient (Wildman–Crippen LogP) is 3.73. The van der Waals surface area contributed by atoms with E-state index in [0.717, 1.165) is 22.5 Å². The summed E-state index contributed by atoms with van der Waals surface area (Å²) in [6.07, 6.45) is 2.02. The number of aromatic nitrogens is 2. The lowest BCUT2D eigenvalue weighted by Crippen LogP contribution is -2.47. The predicted molar refractivity (Wildman–Crippen MR) is 118 cm³/mol. The number of carbonyl (C=O) groups is 1. The number of carbonyl (C=O) groups excluding carboxylic acids is 1. The average molecular weight is 402 g/mol. The molecule has 0 saturated carbocycles. The highest BCUT2D eigenvalue weighted by molar-refractivity contribution is 5.79. The summed E-state index contributed by atoms with van der Waals surface area (Å²) in [5.74, 6) is -0.0965. The minimum atomic E-state index is -0.842. The topological polar surface area (TPSA) is 65.2 Å². The van der Waals surface area contributed by atoms with E-state index in [1.54, 1.807) is 20.9 Å². The van der Waals surface area contributed by atoms with E-state index in [1.165, 1.54) is 4.90 Å². The van der Waals surface area contributed by atoms with Gasteiger partial charge < -0.3 is 4.90 Å². The van der Waals surface area contributed by atoms with Gasteiger partial charge in [-0.3, -0.25) is 9.69 Å². The third-order valence-corrected chi connectivity index (χ3v) is 5.19. The normalized spacial score (nSPS) is 11.3. The maximum atomic E-state index is 12.6. The van der Waals surface area contributed by atoms with Crippen LogP contribution in [0.3, 0.4) is 0 Å². The molecule has 0 aliphatic heterocycles. The van der Waals surface area contributed by atoms with Crippen molar-refractivity contribution in [2.45, 2.75) is 25.9 Å². The Kier molecular flexibility index (Phi) is 6.34. The molecule has 6 heteroatoms. The van der Waals surface area contributed by atoms with Crippen molar-refractivity contribution in [3.05, 3.63) is 72.4 Å². The maximum absolute atomic E-state index is 12.6. The molecule has 30 heavy (non-hydrogen) atoms. The average Bonchev–Trinajstić information content (AvgIpc) is 3.17. The van der Waals surface area contributed by atoms with Gasteiger partial charge in [0.2, 0.25) is 5.91 Å². The van der Waals surface area contributed by atoms with Gasteiger partial charge in [-0.2, -0.15) is 10.4 Å². The molecule has 0 N–H and O–H groups in total. The van der Waals surface area contributed by atoms with Crippen molar-refractivity contribution >= 4 is 5.91 Å². The number of benzene rings is 2. The summed E-state index contributed by atoms with van der Waals surface area (Å²) in [4.78, 5) is 16.1. The zero-order valence-electron chi connectivity index (χ0n) is 17.9. The SMILES string of the molecule is CN(CC(=O)N(C)C(C)(C)C#N)Cc1cn(-c2ccccc2)nc1-c1ccccc1. The van der Waals surface area contributed by atoms with Crippen molar-refractivity contribution in [3.63, 3.8) is 0 Å². The molecule has 0 radical (unpaired) electrons. The van der Waals surface area contributed by atoms with Crippen LogP contribution in [0, 0.1) is 11.3 Å². The second kappa shape index (κ2) is 8.93. The van der Waals surface area contributed by atoms with Crippen LogP contribution in [0.1, 0.15) is 19.4 Å². The lowest BCUT2D eigenvalue weighted by molar-refractivity contribution is -0.134. The number of likely N-dealkylation sites (N-methyl/N-ethyl adjacent to an activating group) is 2. The summed E-state index contributed by atoms with van der Waals surface area (Å²) < 4.78 is 1.87. The second-order valence-corrected chi connectivity index (χ2v) is 7.94. The molecular formula is C24H27N5O. The van der Waals surface area contributed by atoms with Crippen LogP contribution in [0.2, 0.25) is 0 Å². The molecule has 2 aromatic carbocycles. The molecule has 0 aliphatic carbocycles. The highest BCUT2D eigenvalue weighted by atomic mass is 16.2. The first-order valence-electron chi connectivity index (χ1n) is 9.87. The van der Waals surface area contributed by atoms with Gasteiger partial charge >= 0.3 is 0 Å². The van der Waals surface area contributed by atoms with Crippen LogP contribution >= 0.6 is 0 Å². The van der Waals surface area contributed by atoms with Crippen LogP contribution in [0.5, 0.6) is 0 Å². The van der Waals surface area contributed by atoms with Crippen molar-refractivity contribution in [1.29, 1.82) is 5.26 Å². The first-order chi connectivity index (χ1) is 14.3. The van der Waals surface area contributed by atoms with E-state index in [4.69, 9.17) is 5.10 Å². The Bertz CT molecular complexity index is 1030. The number of hydrogen-bond donors (Lipinski definition) is 0. The minimum Gasteiger partial charge on any atom is -0.326 e. The van der Waals surface area contributed by atoms with Crippen LogP contribution in [-0.2, 0) is 11.3 Å². The van der Waals surface area contributed by atoms with Gasteiger partial charge in [0.15, 0.2) is 0 Å². The number of rotatable bonds is 7. The Morgan fingerprint density at radius 1 is 1.07 bits per heavy atom. The van der Waals surface area contributed by atoms with Crippen molar-refractivity contribution in [1.82, 2.24) is 19.6 Å². The standard InChI is InChI=1S/C24H27N5O/c1-24(2,18-25)28(4)22(30)17-27(3)15-20-16-29(21-13-9-6-10-14-21)26-23(20)19-11-7-5-8-12-19/h5-14,16H,15,17H2,1-4H3. The molecule has 3 aromatic rings. The summed E-state index contributed by atoms with van der Waals surface area (Å²) in [5.41, 5.74) is 3.09. The van der Waals surface area contributed by atoms with Crippen molar-refractivity contribution < 1.29 is 4.79 Å². The van der Waals surface area contributed by atoms with Crippen LogP contribution < -0.4 is 0 Å². The van der Waals surface area contributed by atoms with E-state index >= 15 is 0 Å². The fourth-order valence-electron chi connectivity index (χ4n) is 3.15. The van der Waals surface area contributed by atoms with Crippen molar-refractivity contribution in [3.8, 4) is 23.0 Å². The Labute approximate surface area is 178 Å². The third-order valence-electron chi connectivity index (χ3n) is 5.19. The van der Waals surface area contributed by atoms with Crippen LogP contribution in [0.25, 0.3) is 16.9 Å². The molecule has 1 amide bonds. The number of amides is 1. The third kappa shape index (κ3) is 4.76. The maximum Gasteiger partial charge on any atom is 0.237 e. The molecule has 0 aliphatic rings. The summed E-state index contributed by atoms with van der Waals surface area (Å²) in [6.45, 7) is 4.25. The van der Waals surface area contributed by atoms with Gasteiger partial charge in [-0.15, -0.1) is 0 Å². The smallest absolute Gasteiger partial charge is 0.237 e. The van der Waals surface area contributed by atoms with Crippen LogP contribution in [0.4, 0.5) is 0 Å². The summed E-state index contributed by atoms with van der Waals surface area (Å²) in [5, 5.41) is 14.1. The van der Waals surface area contributed by atoms with Gasteiger partial charge in [-0.1, -0.05) is 48.5 Å². The van der Waals surface area contributed by atoms with Crippen LogP contribution in [-0.4, -0.2) is 51.7 Å². The summed E-state index contributed by atoms with van der Waals surface area (Å²) >= 11 is 0. The summed E-state index contributed by atoms with van der Waals surface area (Å²) in [6, 6.07) is 22.2. The quantitative estimate of drug-likeness (QED) is 0.605. The molecular weight excluding hydrogens is 374 g/mol. The van der Waals surface area contributed by atoms with Crippen molar-refractivity contribution in [2.24, 2.45) is 0 Å². The highest BCUT2D eigenvalue weighted by Gasteiger charge is 2.28. The number of hydrogen-bond acceptors (Lipinski definition) is 4. The van der Waals surface area contributed by atoms with E-state index in [-0.39, 0.29) is 12.5 Å². The van der Waals surface area contributed by atoms with E-state index in [2.05, 4.69) is 6.07 Å². The molecule has 1 aromatic heterocycles. The molecule has 0 saturated heterocycles. The molecule has 0 unspecified atom stereocenters. The van der Waals surface area contributed by atoms with Gasteiger partial charge in [0.05, 0.1) is 24.0 Å². The zero-order chi connectivity index (χ0) is 21.7. The Morgan fingerprint density at radius 2 is 1.67 bits per heavy atom. The van der Waals surface area contributed by atoms with Crippen molar-refractivity contribution in [2.75, 3.05) is 20.6 Å². The second-order valence-electron chi connectivity index (χ2n) is 7.94. The van der Waals surface area contributed by atoms with Crippen LogP contribution in [0.15, 0.2) is 66.9 Å². The summed E-state index contributed by atoms with van der Waals surface area (Å²) in [7, 11) is 3.57. The Balaban J connectivity index is 1.85. The minimum absolute atomic E-state index is 0.0965. The number of nitriles is 1. The van der Waals surface area contributed by atoms with Gasteiger partial charge in [0.25, 0.3) is 0 Å². The monoisotopic (exact) mass is 401 g/mol. The lowest BCUT2D eigenvalue weighted by atomic mass is 10.1. The molecule has 0 atom stereocenters. The lowest BCUT2D eigenvalue weighted by Gasteiger charge is -2.30. The molecule has 1 heterocycles. The van der Waals surface area contributed by atoms with E-state index in [1.807, 2.05) is 83.5 Å². The fourth-order valence-corrected chi connectivity index (χ4v) is 3.15. The molecule has 3 rings (SSSR count). The van der Waals surface area contributed by atoms with E-state index in [9.17, 15) is 10.1 Å². The number of nitrogens with zero attached hydrogens (tertiary/aromatic N) is 5. The Morgan fingerprint density at radius 3 is 2.27 bits per heavy atom. The highest BCUT2D eigenvalue weighted by Crippen LogP contribution is 2.24. The molecule has 0 bridgehead atoms. The molecule has 0 fully saturated rings. The van der Waals surface area contributed by atoms with Gasteiger partial charge in [-0.25, -0.2) is 4.68 Å².